The summed E-state index contributed by atoms with van der Waals surface area (Å²) in [5, 5.41) is 11.9. The van der Waals surface area contributed by atoms with Crippen LogP contribution in [0.5, 0.6) is 0 Å². The molecule has 0 radical (unpaired) electrons. The Balaban J connectivity index is 1.30. The first-order chi connectivity index (χ1) is 19.1. The number of fused-ring (bicyclic) bond motifs is 1. The Kier molecular flexibility index (Phi) is 7.41. The fourth-order valence-corrected chi connectivity index (χ4v) is 6.68. The number of nitrogens with zero attached hydrogens (tertiary/aromatic N) is 2. The first-order valence-corrected chi connectivity index (χ1v) is 13.9. The van der Waals surface area contributed by atoms with Gasteiger partial charge in [0, 0.05) is 30.4 Å². The van der Waals surface area contributed by atoms with Gasteiger partial charge in [-0.1, -0.05) is 36.4 Å². The van der Waals surface area contributed by atoms with Crippen molar-refractivity contribution < 1.29 is 33.8 Å². The maximum Gasteiger partial charge on any atom is 0.352 e. The van der Waals surface area contributed by atoms with Gasteiger partial charge >= 0.3 is 11.9 Å². The van der Waals surface area contributed by atoms with E-state index in [9.17, 15) is 29.1 Å². The predicted molar refractivity (Wildman–Crippen MR) is 147 cm³/mol. The quantitative estimate of drug-likeness (QED) is 0.370. The van der Waals surface area contributed by atoms with Crippen molar-refractivity contribution in [2.75, 3.05) is 17.3 Å². The van der Waals surface area contributed by atoms with Crippen molar-refractivity contribution >= 4 is 47.1 Å². The summed E-state index contributed by atoms with van der Waals surface area (Å²) in [7, 11) is 0. The van der Waals surface area contributed by atoms with Crippen molar-refractivity contribution in [3.63, 3.8) is 0 Å². The maximum atomic E-state index is 13.4. The van der Waals surface area contributed by atoms with Crippen LogP contribution in [0.15, 0.2) is 59.8 Å². The first-order valence-electron chi connectivity index (χ1n) is 12.9. The van der Waals surface area contributed by atoms with E-state index in [0.29, 0.717) is 5.57 Å². The maximum absolute atomic E-state index is 13.4. The third kappa shape index (κ3) is 4.85. The molecule has 2 aromatic carbocycles. The number of carbonyl (C=O) groups excluding carboxylic acids is 4. The molecule has 10 nitrogen and oxygen atoms in total. The average molecular weight is 564 g/mol. The molecule has 4 atom stereocenters. The minimum Gasteiger partial charge on any atom is -0.477 e. The number of β-lactam (4-membered cyclic amide) rings is 2. The minimum absolute atomic E-state index is 0.111. The number of benzene rings is 2. The number of esters is 1. The van der Waals surface area contributed by atoms with E-state index < -0.39 is 41.1 Å². The molecule has 2 aromatic rings. The molecule has 0 bridgehead atoms. The lowest BCUT2D eigenvalue weighted by Gasteiger charge is -2.50. The van der Waals surface area contributed by atoms with E-state index in [2.05, 4.69) is 5.32 Å². The van der Waals surface area contributed by atoms with Crippen LogP contribution in [0, 0.1) is 19.8 Å². The van der Waals surface area contributed by atoms with Crippen molar-refractivity contribution in [3.05, 3.63) is 76.5 Å². The van der Waals surface area contributed by atoms with Crippen LogP contribution in [-0.2, 0) is 28.7 Å². The molecule has 3 heterocycles. The van der Waals surface area contributed by atoms with Crippen LogP contribution >= 0.6 is 11.8 Å². The number of carboxylic acid groups (broad SMARTS) is 1. The van der Waals surface area contributed by atoms with Gasteiger partial charge in [0.05, 0.1) is 12.0 Å². The number of hydrogen-bond acceptors (Lipinski definition) is 7. The highest BCUT2D eigenvalue weighted by Gasteiger charge is 2.55. The number of rotatable bonds is 8. The number of carboxylic acids is 1. The highest BCUT2D eigenvalue weighted by molar-refractivity contribution is 8.00. The third-order valence-electron chi connectivity index (χ3n) is 7.54. The van der Waals surface area contributed by atoms with E-state index in [1.807, 2.05) is 62.4 Å². The zero-order valence-electron chi connectivity index (χ0n) is 22.2. The molecule has 2 fully saturated rings. The van der Waals surface area contributed by atoms with Crippen LogP contribution in [-0.4, -0.2) is 63.4 Å². The van der Waals surface area contributed by atoms with Crippen molar-refractivity contribution in [3.8, 4) is 0 Å². The SMILES string of the molecule is CC(=O)OCC1=C(C(=O)O)N2C(=O)[C@@H](NC(=O)CC3C(=O)N(c4ccc(C)c(C)c4)C3c3ccccc3)[C@H]2SC1. The number of aryl methyl sites for hydroxylation is 2. The van der Waals surface area contributed by atoms with Crippen LogP contribution in [0.4, 0.5) is 5.69 Å². The van der Waals surface area contributed by atoms with Gasteiger partial charge in [-0.15, -0.1) is 11.8 Å². The normalized spacial score (nSPS) is 23.7. The number of nitrogens with one attached hydrogen (secondary N) is 1. The van der Waals surface area contributed by atoms with E-state index in [0.717, 1.165) is 27.3 Å². The molecule has 0 saturated carbocycles. The third-order valence-corrected chi connectivity index (χ3v) is 8.88. The van der Waals surface area contributed by atoms with Gasteiger partial charge in [-0.3, -0.25) is 24.1 Å². The summed E-state index contributed by atoms with van der Waals surface area (Å²) < 4.78 is 4.95. The number of thioether (sulfide) groups is 1. The predicted octanol–water partition coefficient (Wildman–Crippen LogP) is 2.70. The van der Waals surface area contributed by atoms with E-state index in [-0.39, 0.29) is 36.4 Å². The Bertz CT molecular complexity index is 1440. The van der Waals surface area contributed by atoms with E-state index in [1.165, 1.54) is 18.7 Å². The van der Waals surface area contributed by atoms with Crippen molar-refractivity contribution in [1.29, 1.82) is 0 Å². The smallest absolute Gasteiger partial charge is 0.352 e. The second-order valence-corrected chi connectivity index (χ2v) is 11.2. The summed E-state index contributed by atoms with van der Waals surface area (Å²) in [6.45, 7) is 4.98. The largest absolute Gasteiger partial charge is 0.477 e. The van der Waals surface area contributed by atoms with Gasteiger partial charge in [0.2, 0.25) is 11.8 Å². The van der Waals surface area contributed by atoms with Gasteiger partial charge in [-0.25, -0.2) is 4.79 Å². The lowest BCUT2D eigenvalue weighted by atomic mass is 9.79. The second kappa shape index (κ2) is 10.8. The first kappa shape index (κ1) is 27.4. The van der Waals surface area contributed by atoms with Gasteiger partial charge in [0.1, 0.15) is 23.7 Å². The van der Waals surface area contributed by atoms with Crippen LogP contribution in [0.1, 0.15) is 36.1 Å². The standard InChI is InChI=1S/C29H29N3O7S/c1-15-9-10-20(11-16(15)2)31-24(18-7-5-4-6-8-18)21(26(31)35)12-22(34)30-23-27(36)32-25(29(37)38)19(13-39-17(3)33)14-40-28(23)32/h4-11,21,23-24,28H,12-14H2,1-3H3,(H,30,34)(H,37,38)/t21?,23-,24?,28-/m1/s1. The summed E-state index contributed by atoms with van der Waals surface area (Å²) in [5.74, 6) is -3.42. The summed E-state index contributed by atoms with van der Waals surface area (Å²) in [6, 6.07) is 14.1. The Labute approximate surface area is 235 Å². The van der Waals surface area contributed by atoms with Crippen molar-refractivity contribution in [2.45, 2.75) is 44.6 Å². The Morgan fingerprint density at radius 3 is 2.40 bits per heavy atom. The summed E-state index contributed by atoms with van der Waals surface area (Å²) in [4.78, 5) is 65.4. The Morgan fingerprint density at radius 1 is 1.02 bits per heavy atom. The number of carbonyl (C=O) groups is 5. The molecule has 208 valence electrons. The molecule has 3 amide bonds. The number of amides is 3. The monoisotopic (exact) mass is 563 g/mol. The highest BCUT2D eigenvalue weighted by Crippen LogP contribution is 2.46. The Hall–Kier alpha value is -4.12. The lowest BCUT2D eigenvalue weighted by Crippen LogP contribution is -2.71. The minimum atomic E-state index is -1.30. The summed E-state index contributed by atoms with van der Waals surface area (Å²) in [5.41, 5.74) is 3.94. The second-order valence-electron chi connectivity index (χ2n) is 10.1. The van der Waals surface area contributed by atoms with Gasteiger partial charge < -0.3 is 20.1 Å². The molecule has 2 unspecified atom stereocenters. The number of ether oxygens (including phenoxy) is 1. The fourth-order valence-electron chi connectivity index (χ4n) is 5.36. The molecule has 3 aliphatic rings. The fraction of sp³-hybridized carbons (Fsp3) is 0.345. The molecule has 2 N–H and O–H groups in total. The molecule has 0 aromatic heterocycles. The molecule has 0 aliphatic carbocycles. The van der Waals surface area contributed by atoms with Crippen molar-refractivity contribution in [1.82, 2.24) is 10.2 Å². The molecule has 3 aliphatic heterocycles. The van der Waals surface area contributed by atoms with Gasteiger partial charge in [0.15, 0.2) is 0 Å². The number of hydrogen-bond donors (Lipinski definition) is 2. The van der Waals surface area contributed by atoms with Crippen LogP contribution in [0.25, 0.3) is 0 Å². The van der Waals surface area contributed by atoms with Crippen LogP contribution in [0.2, 0.25) is 0 Å². The van der Waals surface area contributed by atoms with E-state index in [1.54, 1.807) is 4.90 Å². The van der Waals surface area contributed by atoms with Crippen molar-refractivity contribution in [2.24, 2.45) is 5.92 Å². The molecule has 2 saturated heterocycles. The molecular weight excluding hydrogens is 534 g/mol. The summed E-state index contributed by atoms with van der Waals surface area (Å²) >= 11 is 1.29. The molecule has 40 heavy (non-hydrogen) atoms. The number of aliphatic carboxylic acids is 1. The van der Waals surface area contributed by atoms with Gasteiger partial charge in [-0.2, -0.15) is 0 Å². The topological polar surface area (TPSA) is 133 Å². The van der Waals surface area contributed by atoms with Gasteiger partial charge in [0.25, 0.3) is 5.91 Å². The molecule has 5 rings (SSSR count). The highest BCUT2D eigenvalue weighted by atomic mass is 32.2. The Morgan fingerprint density at radius 2 is 1.75 bits per heavy atom. The zero-order chi connectivity index (χ0) is 28.7. The van der Waals surface area contributed by atoms with Gasteiger partial charge in [-0.05, 0) is 42.7 Å². The summed E-state index contributed by atoms with van der Waals surface area (Å²) in [6.07, 6.45) is -0.111. The molecule has 0 spiro atoms. The molecular formula is C29H29N3O7S. The number of anilines is 1. The van der Waals surface area contributed by atoms with E-state index in [4.69, 9.17) is 4.74 Å². The van der Waals surface area contributed by atoms with Crippen LogP contribution in [0.3, 0.4) is 0 Å². The average Bonchev–Trinajstić information content (AvgIpc) is 2.93. The van der Waals surface area contributed by atoms with Crippen LogP contribution < -0.4 is 10.2 Å². The lowest BCUT2D eigenvalue weighted by molar-refractivity contribution is -0.151. The van der Waals surface area contributed by atoms with E-state index >= 15 is 0 Å². The zero-order valence-corrected chi connectivity index (χ0v) is 23.1. The molecule has 11 heteroatoms.